The Bertz CT molecular complexity index is 1300. The summed E-state index contributed by atoms with van der Waals surface area (Å²) in [4.78, 5) is 2.35. The summed E-state index contributed by atoms with van der Waals surface area (Å²) in [5.74, 6) is 1.90. The van der Waals surface area contributed by atoms with Crippen molar-refractivity contribution in [2.24, 2.45) is 0 Å². The second kappa shape index (κ2) is 9.37. The number of hydrogen-bond acceptors (Lipinski definition) is 2. The minimum atomic E-state index is -0.156. The molecule has 1 unspecified atom stereocenters. The molecule has 3 aromatic carbocycles. The van der Waals surface area contributed by atoms with E-state index in [-0.39, 0.29) is 5.41 Å². The molecule has 0 radical (unpaired) electrons. The number of fused-ring (bicyclic) bond motifs is 2. The van der Waals surface area contributed by atoms with E-state index in [4.69, 9.17) is 4.74 Å². The first-order valence-electron chi connectivity index (χ1n) is 13.0. The fourth-order valence-corrected chi connectivity index (χ4v) is 5.68. The van der Waals surface area contributed by atoms with E-state index in [0.717, 1.165) is 44.0 Å². The molecule has 3 heteroatoms. The van der Waals surface area contributed by atoms with Gasteiger partial charge in [0.2, 0.25) is 11.6 Å². The third-order valence-corrected chi connectivity index (χ3v) is 7.34. The van der Waals surface area contributed by atoms with Gasteiger partial charge in [-0.3, -0.25) is 0 Å². The Morgan fingerprint density at radius 2 is 1.66 bits per heavy atom. The lowest BCUT2D eigenvalue weighted by Gasteiger charge is -2.24. The van der Waals surface area contributed by atoms with Crippen LogP contribution in [0.4, 0.5) is 11.4 Å². The van der Waals surface area contributed by atoms with Crippen molar-refractivity contribution in [1.82, 2.24) is 0 Å². The predicted molar refractivity (Wildman–Crippen MR) is 146 cm³/mol. The Morgan fingerprint density at radius 1 is 0.914 bits per heavy atom. The van der Waals surface area contributed by atoms with Gasteiger partial charge >= 0.3 is 0 Å². The first-order chi connectivity index (χ1) is 16.9. The van der Waals surface area contributed by atoms with E-state index in [1.54, 1.807) is 0 Å². The van der Waals surface area contributed by atoms with Crippen molar-refractivity contribution in [3.05, 3.63) is 101 Å². The highest BCUT2D eigenvalue weighted by molar-refractivity contribution is 6.04. The van der Waals surface area contributed by atoms with Crippen LogP contribution in [0, 0.1) is 13.8 Å². The number of allylic oxidation sites excluding steroid dienone is 1. The average Bonchev–Trinajstić information content (AvgIpc) is 3.28. The molecular weight excluding hydrogens is 428 g/mol. The van der Waals surface area contributed by atoms with Gasteiger partial charge in [0.1, 0.15) is 6.54 Å². The minimum absolute atomic E-state index is 0.156. The molecule has 0 fully saturated rings. The maximum Gasteiger partial charge on any atom is 0.209 e. The molecule has 0 amide bonds. The van der Waals surface area contributed by atoms with Gasteiger partial charge in [-0.05, 0) is 62.9 Å². The topological polar surface area (TPSA) is 15.5 Å². The predicted octanol–water partition coefficient (Wildman–Crippen LogP) is 7.46. The first-order valence-corrected chi connectivity index (χ1v) is 13.0. The summed E-state index contributed by atoms with van der Waals surface area (Å²) in [5.41, 5.74) is 8.96. The van der Waals surface area contributed by atoms with Crippen LogP contribution < -0.4 is 9.64 Å². The van der Waals surface area contributed by atoms with Crippen LogP contribution >= 0.6 is 0 Å². The van der Waals surface area contributed by atoms with Crippen molar-refractivity contribution >= 4 is 17.1 Å². The number of aryl methyl sites for hydroxylation is 2. The Balaban J connectivity index is 1.68. The molecule has 0 saturated heterocycles. The summed E-state index contributed by atoms with van der Waals surface area (Å²) >= 11 is 0. The maximum atomic E-state index is 6.55. The summed E-state index contributed by atoms with van der Waals surface area (Å²) in [6.45, 7) is 13.2. The summed E-state index contributed by atoms with van der Waals surface area (Å²) in [5, 5.41) is 0. The largest absolute Gasteiger partial charge is 0.438 e. The van der Waals surface area contributed by atoms with E-state index in [1.165, 1.54) is 39.3 Å². The van der Waals surface area contributed by atoms with E-state index in [9.17, 15) is 0 Å². The minimum Gasteiger partial charge on any atom is -0.438 e. The van der Waals surface area contributed by atoms with Crippen molar-refractivity contribution in [3.63, 3.8) is 0 Å². The summed E-state index contributed by atoms with van der Waals surface area (Å²) in [6, 6.07) is 24.4. The van der Waals surface area contributed by atoms with Crippen LogP contribution in [-0.4, -0.2) is 23.4 Å². The molecule has 0 aromatic heterocycles. The van der Waals surface area contributed by atoms with Crippen molar-refractivity contribution in [2.45, 2.75) is 59.3 Å². The number of rotatable bonds is 7. The van der Waals surface area contributed by atoms with Crippen LogP contribution in [0.3, 0.4) is 0 Å². The van der Waals surface area contributed by atoms with Gasteiger partial charge in [-0.25, -0.2) is 0 Å². The van der Waals surface area contributed by atoms with Crippen LogP contribution in [0.5, 0.6) is 5.75 Å². The number of anilines is 1. The summed E-state index contributed by atoms with van der Waals surface area (Å²) < 4.78 is 9.08. The quantitative estimate of drug-likeness (QED) is 0.336. The molecular formula is C32H37N2O+. The molecule has 2 heterocycles. The van der Waals surface area contributed by atoms with Crippen LogP contribution in [0.2, 0.25) is 0 Å². The molecule has 0 aliphatic carbocycles. The van der Waals surface area contributed by atoms with Gasteiger partial charge in [0.25, 0.3) is 0 Å². The lowest BCUT2D eigenvalue weighted by Crippen LogP contribution is -2.35. The van der Waals surface area contributed by atoms with Gasteiger partial charge in [0.15, 0.2) is 11.5 Å². The maximum absolute atomic E-state index is 6.55. The van der Waals surface area contributed by atoms with Crippen LogP contribution in [-0.2, 0) is 11.8 Å². The molecule has 3 aromatic rings. The Morgan fingerprint density at radius 3 is 2.40 bits per heavy atom. The molecule has 2 aliphatic rings. The highest BCUT2D eigenvalue weighted by atomic mass is 16.5. The van der Waals surface area contributed by atoms with Gasteiger partial charge in [-0.1, -0.05) is 61.9 Å². The SMILES string of the molecule is CCCN1/C(=C/C2=[N+](CCC)c3ccc(C)cc3C2(C)Cc2ccccc2)Oc2cc(C)ccc21. The van der Waals surface area contributed by atoms with E-state index < -0.39 is 0 Å². The molecule has 0 N–H and O–H groups in total. The van der Waals surface area contributed by atoms with Gasteiger partial charge < -0.3 is 9.64 Å². The van der Waals surface area contributed by atoms with Crippen LogP contribution in [0.15, 0.2) is 78.7 Å². The van der Waals surface area contributed by atoms with Gasteiger partial charge in [-0.15, -0.1) is 0 Å². The first kappa shape index (κ1) is 23.4. The molecule has 35 heavy (non-hydrogen) atoms. The number of nitrogens with zero attached hydrogens (tertiary/aromatic N) is 2. The molecule has 180 valence electrons. The lowest BCUT2D eigenvalue weighted by molar-refractivity contribution is -0.437. The van der Waals surface area contributed by atoms with Crippen molar-refractivity contribution in [2.75, 3.05) is 18.0 Å². The number of benzene rings is 3. The zero-order chi connectivity index (χ0) is 24.6. The van der Waals surface area contributed by atoms with Gasteiger partial charge in [-0.2, -0.15) is 4.58 Å². The van der Waals surface area contributed by atoms with E-state index in [1.807, 2.05) is 0 Å². The zero-order valence-electron chi connectivity index (χ0n) is 21.8. The third kappa shape index (κ3) is 4.18. The second-order valence-electron chi connectivity index (χ2n) is 10.3. The van der Waals surface area contributed by atoms with Crippen LogP contribution in [0.25, 0.3) is 0 Å². The lowest BCUT2D eigenvalue weighted by atomic mass is 9.74. The highest BCUT2D eigenvalue weighted by Crippen LogP contribution is 2.45. The van der Waals surface area contributed by atoms with Gasteiger partial charge in [0.05, 0.1) is 17.2 Å². The third-order valence-electron chi connectivity index (χ3n) is 7.34. The fraction of sp³-hybridized carbons (Fsp3) is 0.344. The molecule has 1 atom stereocenters. The zero-order valence-corrected chi connectivity index (χ0v) is 21.8. The Labute approximate surface area is 210 Å². The Hall–Kier alpha value is -3.33. The second-order valence-corrected chi connectivity index (χ2v) is 10.3. The number of hydrogen-bond donors (Lipinski definition) is 0. The average molecular weight is 466 g/mol. The molecule has 2 aliphatic heterocycles. The molecule has 3 nitrogen and oxygen atoms in total. The van der Waals surface area contributed by atoms with Crippen molar-refractivity contribution < 1.29 is 9.31 Å². The summed E-state index contributed by atoms with van der Waals surface area (Å²) in [7, 11) is 0. The summed E-state index contributed by atoms with van der Waals surface area (Å²) in [6.07, 6.45) is 5.42. The molecule has 0 bridgehead atoms. The fourth-order valence-electron chi connectivity index (χ4n) is 5.68. The van der Waals surface area contributed by atoms with E-state index in [0.29, 0.717) is 0 Å². The van der Waals surface area contributed by atoms with Crippen molar-refractivity contribution in [1.29, 1.82) is 0 Å². The van der Waals surface area contributed by atoms with Crippen molar-refractivity contribution in [3.8, 4) is 5.75 Å². The molecule has 0 saturated carbocycles. The van der Waals surface area contributed by atoms with Gasteiger partial charge in [0, 0.05) is 24.6 Å². The number of ether oxygens (including phenoxy) is 1. The molecule has 5 rings (SSSR count). The Kier molecular flexibility index (Phi) is 6.27. The molecule has 0 spiro atoms. The standard InChI is InChI=1S/C32H37N2O/c1-6-17-33-27-15-13-23(3)19-26(27)32(5,22-25-11-9-8-10-12-25)30(33)21-31-34(18-7-2)28-16-14-24(4)20-29(28)35-31/h8-16,19-21H,6-7,17-18,22H2,1-5H3/q+1. The van der Waals surface area contributed by atoms with Crippen LogP contribution in [0.1, 0.15) is 55.9 Å². The monoisotopic (exact) mass is 465 g/mol. The van der Waals surface area contributed by atoms with E-state index in [2.05, 4.69) is 117 Å². The smallest absolute Gasteiger partial charge is 0.209 e. The highest BCUT2D eigenvalue weighted by Gasteiger charge is 2.48. The van der Waals surface area contributed by atoms with E-state index >= 15 is 0 Å². The normalized spacial score (nSPS) is 19.8.